The summed E-state index contributed by atoms with van der Waals surface area (Å²) in [4.78, 5) is 25.8. The summed E-state index contributed by atoms with van der Waals surface area (Å²) in [6.45, 7) is 0.251. The summed E-state index contributed by atoms with van der Waals surface area (Å²) in [7, 11) is 0. The minimum atomic E-state index is -1.00. The summed E-state index contributed by atoms with van der Waals surface area (Å²) < 4.78 is 0. The first-order valence-corrected chi connectivity index (χ1v) is 5.96. The van der Waals surface area contributed by atoms with Gasteiger partial charge in [0.2, 0.25) is 5.91 Å². The monoisotopic (exact) mass is 240 g/mol. The molecule has 1 heterocycles. The van der Waals surface area contributed by atoms with Crippen LogP contribution in [0.25, 0.3) is 0 Å². The molecule has 0 fully saturated rings. The summed E-state index contributed by atoms with van der Waals surface area (Å²) in [6, 6.07) is 2.86. The van der Waals surface area contributed by atoms with Crippen LogP contribution in [0.1, 0.15) is 16.1 Å². The Kier molecular flexibility index (Phi) is 4.78. The molecule has 16 heavy (non-hydrogen) atoms. The van der Waals surface area contributed by atoms with Gasteiger partial charge >= 0.3 is 5.97 Å². The molecule has 1 aromatic heterocycles. The molecule has 2 N–H and O–H groups in total. The number of aromatic carboxylic acids is 1. The largest absolute Gasteiger partial charge is 0.478 e. The molecular formula is C10H12N2O3S. The lowest BCUT2D eigenvalue weighted by Gasteiger charge is -2.04. The quantitative estimate of drug-likeness (QED) is 0.794. The molecule has 0 saturated heterocycles. The molecule has 0 unspecified atom stereocenters. The van der Waals surface area contributed by atoms with Gasteiger partial charge in [-0.3, -0.25) is 9.78 Å². The van der Waals surface area contributed by atoms with Gasteiger partial charge in [0, 0.05) is 6.20 Å². The van der Waals surface area contributed by atoms with E-state index in [0.29, 0.717) is 11.4 Å². The van der Waals surface area contributed by atoms with E-state index >= 15 is 0 Å². The van der Waals surface area contributed by atoms with Crippen LogP contribution in [-0.4, -0.2) is 34.0 Å². The number of thioether (sulfide) groups is 1. The molecule has 1 rings (SSSR count). The third-order valence-electron chi connectivity index (χ3n) is 1.81. The van der Waals surface area contributed by atoms with Crippen molar-refractivity contribution in [2.75, 3.05) is 12.0 Å². The molecule has 0 bridgehead atoms. The number of carboxylic acids is 1. The number of aromatic nitrogens is 1. The second-order valence-electron chi connectivity index (χ2n) is 3.05. The predicted octanol–water partition coefficient (Wildman–Crippen LogP) is 0.759. The van der Waals surface area contributed by atoms with Crippen molar-refractivity contribution >= 4 is 23.6 Å². The van der Waals surface area contributed by atoms with Crippen molar-refractivity contribution in [2.24, 2.45) is 0 Å². The van der Waals surface area contributed by atoms with Gasteiger partial charge in [0.25, 0.3) is 0 Å². The van der Waals surface area contributed by atoms with E-state index in [4.69, 9.17) is 5.11 Å². The van der Waals surface area contributed by atoms with Gasteiger partial charge in [-0.1, -0.05) is 0 Å². The summed E-state index contributed by atoms with van der Waals surface area (Å²) in [5.41, 5.74) is 0.707. The topological polar surface area (TPSA) is 79.3 Å². The maximum atomic E-state index is 11.2. The van der Waals surface area contributed by atoms with Crippen LogP contribution >= 0.6 is 11.8 Å². The zero-order chi connectivity index (χ0) is 12.0. The number of nitrogens with zero attached hydrogens (tertiary/aromatic N) is 1. The Morgan fingerprint density at radius 1 is 1.56 bits per heavy atom. The number of nitrogens with one attached hydrogen (secondary N) is 1. The van der Waals surface area contributed by atoms with Gasteiger partial charge in [-0.2, -0.15) is 11.8 Å². The second kappa shape index (κ2) is 6.12. The molecule has 0 spiro atoms. The Morgan fingerprint density at radius 3 is 2.94 bits per heavy atom. The van der Waals surface area contributed by atoms with Crippen molar-refractivity contribution in [3.63, 3.8) is 0 Å². The Labute approximate surface area is 97.3 Å². The van der Waals surface area contributed by atoms with Crippen LogP contribution in [0.3, 0.4) is 0 Å². The molecule has 0 aromatic carbocycles. The molecule has 5 nitrogen and oxygen atoms in total. The van der Waals surface area contributed by atoms with E-state index in [1.165, 1.54) is 30.1 Å². The maximum absolute atomic E-state index is 11.2. The lowest BCUT2D eigenvalue weighted by molar-refractivity contribution is -0.118. The fourth-order valence-electron chi connectivity index (χ4n) is 1.08. The molecule has 0 aliphatic carbocycles. The molecule has 86 valence electrons. The molecule has 0 aliphatic heterocycles. The van der Waals surface area contributed by atoms with Crippen LogP contribution in [0.5, 0.6) is 0 Å². The maximum Gasteiger partial charge on any atom is 0.335 e. The number of carbonyl (C=O) groups is 2. The third-order valence-corrected chi connectivity index (χ3v) is 2.36. The number of amides is 1. The van der Waals surface area contributed by atoms with E-state index in [0.717, 1.165) is 0 Å². The van der Waals surface area contributed by atoms with Gasteiger partial charge in [-0.25, -0.2) is 4.79 Å². The molecule has 0 radical (unpaired) electrons. The molecule has 1 amide bonds. The number of carboxylic acid groups (broad SMARTS) is 1. The average molecular weight is 240 g/mol. The van der Waals surface area contributed by atoms with Gasteiger partial charge in [0.1, 0.15) is 0 Å². The van der Waals surface area contributed by atoms with Gasteiger partial charge in [0.15, 0.2) is 0 Å². The molecule has 6 heteroatoms. The van der Waals surface area contributed by atoms with Crippen molar-refractivity contribution in [2.45, 2.75) is 6.54 Å². The smallest absolute Gasteiger partial charge is 0.335 e. The molecule has 1 aromatic rings. The first-order valence-electron chi connectivity index (χ1n) is 4.57. The number of carbonyl (C=O) groups excluding carboxylic acids is 1. The van der Waals surface area contributed by atoms with Crippen molar-refractivity contribution in [1.82, 2.24) is 10.3 Å². The van der Waals surface area contributed by atoms with E-state index < -0.39 is 5.97 Å². The predicted molar refractivity (Wildman–Crippen MR) is 61.4 cm³/mol. The lowest BCUT2D eigenvalue weighted by atomic mass is 10.2. The SMILES string of the molecule is CSCC(=O)NCc1cc(C(=O)O)ccn1. The van der Waals surface area contributed by atoms with Gasteiger partial charge in [0.05, 0.1) is 23.6 Å². The Hall–Kier alpha value is -1.56. The zero-order valence-electron chi connectivity index (χ0n) is 8.77. The Bertz CT molecular complexity index is 395. The van der Waals surface area contributed by atoms with E-state index in [-0.39, 0.29) is 18.0 Å². The second-order valence-corrected chi connectivity index (χ2v) is 3.92. The lowest BCUT2D eigenvalue weighted by Crippen LogP contribution is -2.25. The summed E-state index contributed by atoms with van der Waals surface area (Å²) in [6.07, 6.45) is 3.25. The van der Waals surface area contributed by atoms with Crippen molar-refractivity contribution < 1.29 is 14.7 Å². The van der Waals surface area contributed by atoms with Crippen LogP contribution in [0.2, 0.25) is 0 Å². The Morgan fingerprint density at radius 2 is 2.31 bits per heavy atom. The van der Waals surface area contributed by atoms with Crippen molar-refractivity contribution in [3.05, 3.63) is 29.6 Å². The van der Waals surface area contributed by atoms with Crippen LogP contribution in [0.4, 0.5) is 0 Å². The van der Waals surface area contributed by atoms with Crippen LogP contribution < -0.4 is 5.32 Å². The van der Waals surface area contributed by atoms with Gasteiger partial charge < -0.3 is 10.4 Å². The summed E-state index contributed by atoms with van der Waals surface area (Å²) >= 11 is 1.43. The molecule has 0 saturated carbocycles. The summed E-state index contributed by atoms with van der Waals surface area (Å²) in [5.74, 6) is -0.701. The van der Waals surface area contributed by atoms with Crippen LogP contribution in [0.15, 0.2) is 18.3 Å². The van der Waals surface area contributed by atoms with Crippen LogP contribution in [-0.2, 0) is 11.3 Å². The summed E-state index contributed by atoms with van der Waals surface area (Å²) in [5, 5.41) is 11.4. The van der Waals surface area contributed by atoms with E-state index in [2.05, 4.69) is 10.3 Å². The number of hydrogen-bond acceptors (Lipinski definition) is 4. The van der Waals surface area contributed by atoms with E-state index in [1.807, 2.05) is 6.26 Å². The number of pyridine rings is 1. The highest BCUT2D eigenvalue weighted by Gasteiger charge is 2.05. The minimum absolute atomic E-state index is 0.0879. The molecule has 0 aliphatic rings. The third kappa shape index (κ3) is 3.90. The van der Waals surface area contributed by atoms with Crippen molar-refractivity contribution in [3.8, 4) is 0 Å². The van der Waals surface area contributed by atoms with Gasteiger partial charge in [-0.15, -0.1) is 0 Å². The fraction of sp³-hybridized carbons (Fsp3) is 0.300. The number of hydrogen-bond donors (Lipinski definition) is 2. The zero-order valence-corrected chi connectivity index (χ0v) is 9.58. The van der Waals surface area contributed by atoms with Crippen LogP contribution in [0, 0.1) is 0 Å². The highest BCUT2D eigenvalue weighted by molar-refractivity contribution is 7.99. The van der Waals surface area contributed by atoms with E-state index in [9.17, 15) is 9.59 Å². The number of rotatable bonds is 5. The highest BCUT2D eigenvalue weighted by Crippen LogP contribution is 2.01. The first-order chi connectivity index (χ1) is 7.63. The average Bonchev–Trinajstić information content (AvgIpc) is 2.27. The highest BCUT2D eigenvalue weighted by atomic mass is 32.2. The van der Waals surface area contributed by atoms with Crippen molar-refractivity contribution in [1.29, 1.82) is 0 Å². The van der Waals surface area contributed by atoms with E-state index in [1.54, 1.807) is 0 Å². The normalized spacial score (nSPS) is 9.81. The molecule has 0 atom stereocenters. The Balaban J connectivity index is 2.57. The molecular weight excluding hydrogens is 228 g/mol. The first kappa shape index (κ1) is 12.5. The standard InChI is InChI=1S/C10H12N2O3S/c1-16-6-9(13)12-5-8-4-7(10(14)15)2-3-11-8/h2-4H,5-6H2,1H3,(H,12,13)(H,14,15). The van der Waals surface area contributed by atoms with Gasteiger partial charge in [-0.05, 0) is 18.4 Å². The minimum Gasteiger partial charge on any atom is -0.478 e. The fourth-order valence-corrected chi connectivity index (χ4v) is 1.44.